The average Bonchev–Trinajstić information content (AvgIpc) is 2.57. The van der Waals surface area contributed by atoms with Crippen molar-refractivity contribution in [3.8, 4) is 0 Å². The maximum absolute atomic E-state index is 3.42. The lowest BCUT2D eigenvalue weighted by Crippen LogP contribution is -2.49. The van der Waals surface area contributed by atoms with Gasteiger partial charge >= 0.3 is 0 Å². The van der Waals surface area contributed by atoms with Crippen molar-refractivity contribution in [3.63, 3.8) is 0 Å². The molecule has 2 bridgehead atoms. The third kappa shape index (κ3) is 2.27. The first kappa shape index (κ1) is 11.0. The van der Waals surface area contributed by atoms with Crippen LogP contribution in [0.4, 0.5) is 0 Å². The second kappa shape index (κ2) is 5.03. The molecule has 0 spiro atoms. The van der Waals surface area contributed by atoms with Crippen LogP contribution in [0.15, 0.2) is 0 Å². The number of hydrogen-bond acceptors (Lipinski definition) is 3. The molecule has 0 aromatic heterocycles. The summed E-state index contributed by atoms with van der Waals surface area (Å²) >= 11 is 0. The van der Waals surface area contributed by atoms with Crippen LogP contribution < -0.4 is 5.32 Å². The van der Waals surface area contributed by atoms with Gasteiger partial charge in [-0.05, 0) is 32.1 Å². The zero-order valence-electron chi connectivity index (χ0n) is 10.2. The molecular weight excluding hydrogens is 198 g/mol. The van der Waals surface area contributed by atoms with Crippen molar-refractivity contribution in [2.75, 3.05) is 39.3 Å². The summed E-state index contributed by atoms with van der Waals surface area (Å²) in [5.74, 6) is 0. The van der Waals surface area contributed by atoms with Gasteiger partial charge in [0.2, 0.25) is 0 Å². The van der Waals surface area contributed by atoms with Crippen molar-refractivity contribution in [2.24, 2.45) is 0 Å². The van der Waals surface area contributed by atoms with Gasteiger partial charge in [0.25, 0.3) is 0 Å². The SMILES string of the molecule is [CH]1CC2CCC(C1)N2CCN1CCNCC1. The standard InChI is InChI=1S/C13H24N3/c1-2-12-4-5-13(3-1)16(12)11-10-15-8-6-14-7-9-15/h1,12-14H,2-11H2. The summed E-state index contributed by atoms with van der Waals surface area (Å²) in [5, 5.41) is 3.42. The van der Waals surface area contributed by atoms with Crippen LogP contribution >= 0.6 is 0 Å². The van der Waals surface area contributed by atoms with E-state index in [-0.39, 0.29) is 0 Å². The first-order valence-electron chi connectivity index (χ1n) is 6.94. The summed E-state index contributed by atoms with van der Waals surface area (Å²) in [6.07, 6.45) is 8.10. The van der Waals surface area contributed by atoms with E-state index in [0.717, 1.165) is 12.1 Å². The van der Waals surface area contributed by atoms with Crippen LogP contribution in [0.25, 0.3) is 0 Å². The zero-order valence-corrected chi connectivity index (χ0v) is 10.2. The van der Waals surface area contributed by atoms with E-state index in [9.17, 15) is 0 Å². The van der Waals surface area contributed by atoms with Crippen LogP contribution in [-0.4, -0.2) is 61.2 Å². The Hall–Kier alpha value is -0.120. The van der Waals surface area contributed by atoms with Gasteiger partial charge in [-0.3, -0.25) is 9.80 Å². The lowest BCUT2D eigenvalue weighted by atomic mass is 10.0. The number of hydrogen-bond donors (Lipinski definition) is 1. The van der Waals surface area contributed by atoms with E-state index >= 15 is 0 Å². The number of piperazine rings is 1. The number of rotatable bonds is 3. The Morgan fingerprint density at radius 2 is 1.69 bits per heavy atom. The molecule has 0 saturated carbocycles. The Balaban J connectivity index is 1.47. The molecule has 2 atom stereocenters. The third-order valence-corrected chi connectivity index (χ3v) is 4.53. The molecular formula is C13H24N3. The predicted octanol–water partition coefficient (Wildman–Crippen LogP) is 0.723. The summed E-state index contributed by atoms with van der Waals surface area (Å²) in [6.45, 7) is 7.45. The van der Waals surface area contributed by atoms with Crippen molar-refractivity contribution < 1.29 is 0 Å². The monoisotopic (exact) mass is 222 g/mol. The molecule has 3 nitrogen and oxygen atoms in total. The molecule has 3 heterocycles. The van der Waals surface area contributed by atoms with Gasteiger partial charge in [-0.2, -0.15) is 0 Å². The fraction of sp³-hybridized carbons (Fsp3) is 0.923. The zero-order chi connectivity index (χ0) is 10.8. The van der Waals surface area contributed by atoms with Crippen molar-refractivity contribution >= 4 is 0 Å². The highest BCUT2D eigenvalue weighted by atomic mass is 15.3. The molecule has 1 N–H and O–H groups in total. The molecule has 0 aromatic rings. The van der Waals surface area contributed by atoms with Gasteiger partial charge in [-0.15, -0.1) is 0 Å². The Bertz CT molecular complexity index is 209. The van der Waals surface area contributed by atoms with Crippen molar-refractivity contribution in [3.05, 3.63) is 6.42 Å². The topological polar surface area (TPSA) is 18.5 Å². The highest BCUT2D eigenvalue weighted by molar-refractivity contribution is 4.98. The summed E-state index contributed by atoms with van der Waals surface area (Å²) in [6, 6.07) is 1.78. The summed E-state index contributed by atoms with van der Waals surface area (Å²) in [5.41, 5.74) is 0. The molecule has 1 radical (unpaired) electrons. The second-order valence-electron chi connectivity index (χ2n) is 5.47. The van der Waals surface area contributed by atoms with E-state index in [0.29, 0.717) is 0 Å². The number of piperidine rings is 1. The molecule has 3 saturated heterocycles. The molecule has 3 fully saturated rings. The summed E-state index contributed by atoms with van der Waals surface area (Å²) in [7, 11) is 0. The summed E-state index contributed by atoms with van der Waals surface area (Å²) < 4.78 is 0. The van der Waals surface area contributed by atoms with Gasteiger partial charge in [0, 0.05) is 51.4 Å². The maximum Gasteiger partial charge on any atom is 0.0115 e. The van der Waals surface area contributed by atoms with Crippen molar-refractivity contribution in [2.45, 2.75) is 37.8 Å². The van der Waals surface area contributed by atoms with Gasteiger partial charge in [0.15, 0.2) is 0 Å². The molecule has 3 aliphatic rings. The lowest BCUT2D eigenvalue weighted by Gasteiger charge is -2.37. The molecule has 3 aliphatic heterocycles. The lowest BCUT2D eigenvalue weighted by molar-refractivity contribution is 0.130. The minimum Gasteiger partial charge on any atom is -0.314 e. The number of nitrogens with zero attached hydrogens (tertiary/aromatic N) is 2. The average molecular weight is 222 g/mol. The van der Waals surface area contributed by atoms with Crippen LogP contribution in [0, 0.1) is 6.42 Å². The predicted molar refractivity (Wildman–Crippen MR) is 66.4 cm³/mol. The van der Waals surface area contributed by atoms with E-state index in [4.69, 9.17) is 0 Å². The van der Waals surface area contributed by atoms with Gasteiger partial charge < -0.3 is 5.32 Å². The molecule has 16 heavy (non-hydrogen) atoms. The van der Waals surface area contributed by atoms with Gasteiger partial charge in [-0.1, -0.05) is 0 Å². The highest BCUT2D eigenvalue weighted by Gasteiger charge is 2.36. The number of nitrogens with one attached hydrogen (secondary N) is 1. The molecule has 0 amide bonds. The van der Waals surface area contributed by atoms with E-state index in [2.05, 4.69) is 21.5 Å². The van der Waals surface area contributed by atoms with Crippen LogP contribution in [0.3, 0.4) is 0 Å². The summed E-state index contributed by atoms with van der Waals surface area (Å²) in [4.78, 5) is 5.41. The quantitative estimate of drug-likeness (QED) is 0.759. The Labute approximate surface area is 99.2 Å². The van der Waals surface area contributed by atoms with Crippen molar-refractivity contribution in [1.82, 2.24) is 15.1 Å². The van der Waals surface area contributed by atoms with E-state index in [1.165, 1.54) is 65.0 Å². The fourth-order valence-electron chi connectivity index (χ4n) is 3.56. The molecule has 0 aliphatic carbocycles. The second-order valence-corrected chi connectivity index (χ2v) is 5.47. The molecule has 3 heteroatoms. The number of fused-ring (bicyclic) bond motifs is 2. The maximum atomic E-state index is 3.42. The largest absolute Gasteiger partial charge is 0.314 e. The molecule has 0 aromatic carbocycles. The molecule has 91 valence electrons. The minimum absolute atomic E-state index is 0.890. The van der Waals surface area contributed by atoms with Gasteiger partial charge in [0.1, 0.15) is 0 Å². The molecule has 3 rings (SSSR count). The normalized spacial score (nSPS) is 36.8. The van der Waals surface area contributed by atoms with Gasteiger partial charge in [0.05, 0.1) is 0 Å². The van der Waals surface area contributed by atoms with Crippen molar-refractivity contribution in [1.29, 1.82) is 0 Å². The first-order valence-corrected chi connectivity index (χ1v) is 6.94. The van der Waals surface area contributed by atoms with Crippen LogP contribution in [-0.2, 0) is 0 Å². The molecule has 2 unspecified atom stereocenters. The van der Waals surface area contributed by atoms with E-state index in [1.807, 2.05) is 0 Å². The van der Waals surface area contributed by atoms with Crippen LogP contribution in [0.5, 0.6) is 0 Å². The first-order chi connectivity index (χ1) is 7.93. The van der Waals surface area contributed by atoms with E-state index in [1.54, 1.807) is 0 Å². The minimum atomic E-state index is 0.890. The Morgan fingerprint density at radius 3 is 2.38 bits per heavy atom. The fourth-order valence-corrected chi connectivity index (χ4v) is 3.56. The Kier molecular flexibility index (Phi) is 3.46. The third-order valence-electron chi connectivity index (χ3n) is 4.53. The Morgan fingerprint density at radius 1 is 1.00 bits per heavy atom. The van der Waals surface area contributed by atoms with E-state index < -0.39 is 0 Å². The highest BCUT2D eigenvalue weighted by Crippen LogP contribution is 2.34. The van der Waals surface area contributed by atoms with Crippen LogP contribution in [0.2, 0.25) is 0 Å². The van der Waals surface area contributed by atoms with Crippen LogP contribution in [0.1, 0.15) is 25.7 Å². The smallest absolute Gasteiger partial charge is 0.0115 e. The van der Waals surface area contributed by atoms with Gasteiger partial charge in [-0.25, -0.2) is 0 Å².